The summed E-state index contributed by atoms with van der Waals surface area (Å²) < 4.78 is 29.7. The van der Waals surface area contributed by atoms with E-state index in [2.05, 4.69) is 4.74 Å². The quantitative estimate of drug-likeness (QED) is 0.534. The van der Waals surface area contributed by atoms with Crippen molar-refractivity contribution in [2.24, 2.45) is 11.1 Å². The topological polar surface area (TPSA) is 110 Å². The molecule has 0 aromatic heterocycles. The van der Waals surface area contributed by atoms with Gasteiger partial charge in [-0.2, -0.15) is 8.78 Å². The van der Waals surface area contributed by atoms with Gasteiger partial charge in [-0.1, -0.05) is 48.6 Å². The third kappa shape index (κ3) is 3.75. The fourth-order valence-corrected chi connectivity index (χ4v) is 4.41. The minimum atomic E-state index is -3.00. The molecule has 0 radical (unpaired) electrons. The lowest BCUT2D eigenvalue weighted by Gasteiger charge is -2.40. The molecule has 2 atom stereocenters. The molecule has 1 saturated carbocycles. The van der Waals surface area contributed by atoms with Gasteiger partial charge in [-0.05, 0) is 54.5 Å². The van der Waals surface area contributed by atoms with Crippen LogP contribution in [0.5, 0.6) is 5.75 Å². The molecule has 2 aromatic carbocycles. The zero-order valence-electron chi connectivity index (χ0n) is 17.8. The second-order valence-electron chi connectivity index (χ2n) is 8.55. The van der Waals surface area contributed by atoms with Crippen LogP contribution in [-0.4, -0.2) is 28.8 Å². The summed E-state index contributed by atoms with van der Waals surface area (Å²) in [6.07, 6.45) is 5.00. The van der Waals surface area contributed by atoms with E-state index in [1.165, 1.54) is 43.3 Å². The summed E-state index contributed by atoms with van der Waals surface area (Å²) in [4.78, 5) is 24.6. The molecule has 33 heavy (non-hydrogen) atoms. The molecule has 172 valence electrons. The Morgan fingerprint density at radius 3 is 2.27 bits per heavy atom. The van der Waals surface area contributed by atoms with E-state index in [0.717, 1.165) is 18.4 Å². The molecule has 0 spiro atoms. The van der Waals surface area contributed by atoms with E-state index < -0.39 is 29.4 Å². The van der Waals surface area contributed by atoms with Crippen molar-refractivity contribution in [3.8, 4) is 5.75 Å². The van der Waals surface area contributed by atoms with Crippen molar-refractivity contribution in [2.45, 2.75) is 37.7 Å². The number of ether oxygens (including phenoxy) is 1. The smallest absolute Gasteiger partial charge is 0.387 e. The Morgan fingerprint density at radius 1 is 1.06 bits per heavy atom. The molecule has 4 N–H and O–H groups in total. The summed E-state index contributed by atoms with van der Waals surface area (Å²) in [7, 11) is 0. The van der Waals surface area contributed by atoms with E-state index in [1.807, 2.05) is 18.2 Å². The summed E-state index contributed by atoms with van der Waals surface area (Å²) in [6, 6.07) is 13.1. The number of alkyl halides is 2. The first-order chi connectivity index (χ1) is 15.6. The van der Waals surface area contributed by atoms with Crippen LogP contribution in [0, 0.1) is 5.41 Å². The normalized spacial score (nSPS) is 24.7. The predicted molar refractivity (Wildman–Crippen MR) is 116 cm³/mol. The van der Waals surface area contributed by atoms with Gasteiger partial charge in [0.2, 0.25) is 0 Å². The number of aliphatic carboxylic acids is 2. The highest BCUT2D eigenvalue weighted by atomic mass is 19.3. The van der Waals surface area contributed by atoms with Gasteiger partial charge in [0, 0.05) is 5.70 Å². The van der Waals surface area contributed by atoms with Crippen molar-refractivity contribution < 1.29 is 33.3 Å². The number of hydrogen-bond acceptors (Lipinski definition) is 4. The van der Waals surface area contributed by atoms with E-state index in [0.29, 0.717) is 17.0 Å². The number of benzene rings is 2. The van der Waals surface area contributed by atoms with Crippen LogP contribution in [-0.2, 0) is 15.0 Å². The van der Waals surface area contributed by atoms with E-state index in [-0.39, 0.29) is 17.0 Å². The van der Waals surface area contributed by atoms with Crippen LogP contribution in [0.25, 0.3) is 0 Å². The molecular weight excluding hydrogens is 432 g/mol. The van der Waals surface area contributed by atoms with Gasteiger partial charge < -0.3 is 20.7 Å². The number of hydrogen-bond donors (Lipinski definition) is 3. The van der Waals surface area contributed by atoms with Crippen LogP contribution >= 0.6 is 0 Å². The van der Waals surface area contributed by atoms with E-state index in [1.54, 1.807) is 6.07 Å². The Hall–Kier alpha value is -3.68. The summed E-state index contributed by atoms with van der Waals surface area (Å²) >= 11 is 0. The van der Waals surface area contributed by atoms with Crippen molar-refractivity contribution in [1.82, 2.24) is 0 Å². The van der Waals surface area contributed by atoms with Gasteiger partial charge in [0.15, 0.2) is 0 Å². The molecule has 0 saturated heterocycles. The molecule has 6 nitrogen and oxygen atoms in total. The van der Waals surface area contributed by atoms with Gasteiger partial charge in [0.1, 0.15) is 11.2 Å². The van der Waals surface area contributed by atoms with Gasteiger partial charge in [0.05, 0.1) is 11.0 Å². The second-order valence-corrected chi connectivity index (χ2v) is 8.55. The van der Waals surface area contributed by atoms with Gasteiger partial charge in [-0.3, -0.25) is 4.79 Å². The maximum absolute atomic E-state index is 12.6. The Labute approximate surface area is 189 Å². The predicted octanol–water partition coefficient (Wildman–Crippen LogP) is 4.41. The van der Waals surface area contributed by atoms with Gasteiger partial charge in [-0.25, -0.2) is 4.79 Å². The molecule has 2 aromatic rings. The second kappa shape index (κ2) is 8.03. The van der Waals surface area contributed by atoms with Crippen molar-refractivity contribution in [2.75, 3.05) is 0 Å². The Balaban J connectivity index is 1.99. The molecule has 0 aliphatic heterocycles. The molecule has 0 amide bonds. The molecule has 8 heteroatoms. The Morgan fingerprint density at radius 2 is 1.73 bits per heavy atom. The molecule has 2 aliphatic rings. The maximum Gasteiger partial charge on any atom is 0.387 e. The Kier molecular flexibility index (Phi) is 5.47. The first kappa shape index (κ1) is 22.5. The third-order valence-electron chi connectivity index (χ3n) is 6.47. The van der Waals surface area contributed by atoms with Gasteiger partial charge in [0.25, 0.3) is 0 Å². The number of allylic oxidation sites excluding steroid dienone is 1. The summed E-state index contributed by atoms with van der Waals surface area (Å²) in [5.74, 6) is -2.35. The lowest BCUT2D eigenvalue weighted by atomic mass is 9.61. The average Bonchev–Trinajstić information content (AvgIpc) is 3.61. The molecule has 2 aliphatic carbocycles. The van der Waals surface area contributed by atoms with Crippen LogP contribution in [0.15, 0.2) is 72.0 Å². The fraction of sp³-hybridized carbons (Fsp3) is 0.280. The number of rotatable bonds is 7. The van der Waals surface area contributed by atoms with Crippen LogP contribution in [0.2, 0.25) is 0 Å². The molecule has 0 heterocycles. The lowest BCUT2D eigenvalue weighted by molar-refractivity contribution is -0.143. The first-order valence-electron chi connectivity index (χ1n) is 10.4. The molecule has 1 fully saturated rings. The summed E-state index contributed by atoms with van der Waals surface area (Å²) in [5, 5.41) is 20.0. The summed E-state index contributed by atoms with van der Waals surface area (Å²) in [6.45, 7) is -1.66. The third-order valence-corrected chi connectivity index (χ3v) is 6.47. The monoisotopic (exact) mass is 455 g/mol. The van der Waals surface area contributed by atoms with Crippen LogP contribution in [0.4, 0.5) is 8.78 Å². The zero-order chi connectivity index (χ0) is 24.0. The minimum Gasteiger partial charge on any atom is -0.480 e. The number of halogens is 2. The standard InChI is InChI=1S/C25H23F2NO5/c1-24(22(31)32)11-12-25(19(20(24)28)21(29)30,16-7-9-18(10-8-16)33-23(26)27)17-4-2-3-15(13-17)14-5-6-14/h2-4,7-14,23H,5-6,28H2,1H3,(H,29,30)(H,31,32). The Bertz CT molecular complexity index is 1170. The molecule has 0 bridgehead atoms. The van der Waals surface area contributed by atoms with Crippen LogP contribution in [0.1, 0.15) is 42.4 Å². The minimum absolute atomic E-state index is 0.0837. The molecular formula is C25H23F2NO5. The SMILES string of the molecule is CC1(C(=O)O)C=CC(c2ccc(OC(F)F)cc2)(c2cccc(C3CC3)c2)C(C(=O)O)=C1N. The van der Waals surface area contributed by atoms with Crippen molar-refractivity contribution in [3.05, 3.63) is 88.6 Å². The zero-order valence-corrected chi connectivity index (χ0v) is 17.8. The van der Waals surface area contributed by atoms with E-state index in [4.69, 9.17) is 5.73 Å². The van der Waals surface area contributed by atoms with Crippen LogP contribution in [0.3, 0.4) is 0 Å². The highest BCUT2D eigenvalue weighted by molar-refractivity contribution is 5.97. The first-order valence-corrected chi connectivity index (χ1v) is 10.4. The van der Waals surface area contributed by atoms with Crippen molar-refractivity contribution in [1.29, 1.82) is 0 Å². The van der Waals surface area contributed by atoms with Gasteiger partial charge >= 0.3 is 18.6 Å². The summed E-state index contributed by atoms with van der Waals surface area (Å²) in [5.41, 5.74) is 4.60. The fourth-order valence-electron chi connectivity index (χ4n) is 4.41. The lowest BCUT2D eigenvalue weighted by Crippen LogP contribution is -2.44. The molecule has 2 unspecified atom stereocenters. The van der Waals surface area contributed by atoms with Crippen molar-refractivity contribution in [3.63, 3.8) is 0 Å². The van der Waals surface area contributed by atoms with Crippen molar-refractivity contribution >= 4 is 11.9 Å². The maximum atomic E-state index is 12.6. The highest BCUT2D eigenvalue weighted by Crippen LogP contribution is 2.50. The van der Waals surface area contributed by atoms with E-state index in [9.17, 15) is 28.6 Å². The van der Waals surface area contributed by atoms with Crippen LogP contribution < -0.4 is 10.5 Å². The largest absolute Gasteiger partial charge is 0.480 e. The average molecular weight is 455 g/mol. The number of carboxylic acids is 2. The molecule has 4 rings (SSSR count). The van der Waals surface area contributed by atoms with E-state index >= 15 is 0 Å². The highest BCUT2D eigenvalue weighted by Gasteiger charge is 2.50. The number of carbonyl (C=O) groups is 2. The van der Waals surface area contributed by atoms with Gasteiger partial charge in [-0.15, -0.1) is 0 Å². The number of carboxylic acid groups (broad SMARTS) is 2. The number of nitrogens with two attached hydrogens (primary N) is 1.